The van der Waals surface area contributed by atoms with E-state index in [4.69, 9.17) is 0 Å². The lowest BCUT2D eigenvalue weighted by Gasteiger charge is -2.13. The molecule has 1 N–H and O–H groups in total. The molecule has 110 valence electrons. The van der Waals surface area contributed by atoms with Crippen LogP contribution in [-0.2, 0) is 0 Å². The average molecular weight is 309 g/mol. The molecule has 0 aliphatic carbocycles. The van der Waals surface area contributed by atoms with Gasteiger partial charge in [-0.25, -0.2) is 0 Å². The van der Waals surface area contributed by atoms with Crippen LogP contribution in [0.5, 0.6) is 0 Å². The van der Waals surface area contributed by atoms with Crippen molar-refractivity contribution in [3.05, 3.63) is 66.6 Å². The molecule has 1 aliphatic rings. The Morgan fingerprint density at radius 2 is 2.14 bits per heavy atom. The number of hydrogen-bond donors (Lipinski definition) is 1. The highest BCUT2D eigenvalue weighted by Crippen LogP contribution is 2.33. The van der Waals surface area contributed by atoms with Gasteiger partial charge in [-0.15, -0.1) is 11.8 Å². The monoisotopic (exact) mass is 309 g/mol. The number of nitrogens with zero attached hydrogens (tertiary/aromatic N) is 2. The van der Waals surface area contributed by atoms with Gasteiger partial charge in [0.15, 0.2) is 0 Å². The molecule has 5 heteroatoms. The number of fused-ring (bicyclic) bond motifs is 1. The van der Waals surface area contributed by atoms with Crippen LogP contribution in [-0.4, -0.2) is 27.3 Å². The second-order valence-electron chi connectivity index (χ2n) is 5.30. The molecule has 0 spiro atoms. The zero-order valence-electron chi connectivity index (χ0n) is 11.8. The lowest BCUT2D eigenvalue weighted by molar-refractivity contribution is 0.0879. The summed E-state index contributed by atoms with van der Waals surface area (Å²) < 4.78 is 1.75. The highest BCUT2D eigenvalue weighted by molar-refractivity contribution is 7.99. The Hall–Kier alpha value is -2.11. The van der Waals surface area contributed by atoms with Crippen LogP contribution in [0, 0.1) is 0 Å². The van der Waals surface area contributed by atoms with Crippen molar-refractivity contribution in [2.45, 2.75) is 11.4 Å². The van der Waals surface area contributed by atoms with Gasteiger partial charge < -0.3 is 0 Å². The molecule has 0 amide bonds. The smallest absolute Gasteiger partial charge is 0.249 e. The van der Waals surface area contributed by atoms with Gasteiger partial charge in [0.05, 0.1) is 16.9 Å². The van der Waals surface area contributed by atoms with E-state index in [1.165, 1.54) is 0 Å². The Kier molecular flexibility index (Phi) is 3.44. The Balaban J connectivity index is 1.57. The molecule has 0 bridgehead atoms. The van der Waals surface area contributed by atoms with Gasteiger partial charge in [0.2, 0.25) is 5.91 Å². The van der Waals surface area contributed by atoms with Crippen LogP contribution in [0.1, 0.15) is 15.7 Å². The number of hydrogen-bond acceptors (Lipinski definition) is 4. The van der Waals surface area contributed by atoms with Crippen LogP contribution < -0.4 is 5.32 Å². The van der Waals surface area contributed by atoms with Crippen molar-refractivity contribution in [2.75, 3.05) is 5.75 Å². The fourth-order valence-corrected chi connectivity index (χ4v) is 4.00. The lowest BCUT2D eigenvalue weighted by Crippen LogP contribution is -2.37. The minimum absolute atomic E-state index is 0.0973. The van der Waals surface area contributed by atoms with Gasteiger partial charge >= 0.3 is 0 Å². The van der Waals surface area contributed by atoms with Crippen molar-refractivity contribution in [2.24, 2.45) is 0 Å². The van der Waals surface area contributed by atoms with E-state index < -0.39 is 0 Å². The molecular weight excluding hydrogens is 294 g/mol. The number of nitrogens with one attached hydrogen (secondary N) is 1. The second-order valence-corrected chi connectivity index (χ2v) is 6.44. The molecule has 3 aromatic rings. The van der Waals surface area contributed by atoms with Crippen LogP contribution in [0.25, 0.3) is 10.9 Å². The summed E-state index contributed by atoms with van der Waals surface area (Å²) >= 11 is 1.75. The summed E-state index contributed by atoms with van der Waals surface area (Å²) in [5.41, 5.74) is 2.07. The number of carbonyl (C=O) groups is 1. The number of benzene rings is 1. The van der Waals surface area contributed by atoms with Gasteiger partial charge in [0.1, 0.15) is 0 Å². The molecule has 1 aromatic carbocycles. The number of rotatable bonds is 2. The topological polar surface area (TPSA) is 46.9 Å². The fraction of sp³-hybridized carbons (Fsp3) is 0.176. The van der Waals surface area contributed by atoms with Crippen molar-refractivity contribution in [3.8, 4) is 0 Å². The minimum atomic E-state index is -0.175. The predicted octanol–water partition coefficient (Wildman–Crippen LogP) is 3.08. The summed E-state index contributed by atoms with van der Waals surface area (Å²) in [5, 5.41) is 4.63. The van der Waals surface area contributed by atoms with E-state index in [9.17, 15) is 4.79 Å². The van der Waals surface area contributed by atoms with Crippen LogP contribution in [0.2, 0.25) is 0 Å². The summed E-state index contributed by atoms with van der Waals surface area (Å²) in [6.07, 6.45) is 5.47. The second kappa shape index (κ2) is 5.59. The first-order valence-electron chi connectivity index (χ1n) is 7.21. The highest BCUT2D eigenvalue weighted by atomic mass is 32.2. The standard InChI is InChI=1S/C17H15N3OS/c21-17(20-9-7-12-4-1-2-6-15(12)20)14-11-22-16(19-14)13-5-3-8-18-10-13/h1-10,14,16,19H,11H2/t14-,16?/m0/s1. The molecule has 2 aromatic heterocycles. The average Bonchev–Trinajstić information content (AvgIpc) is 3.22. The van der Waals surface area contributed by atoms with E-state index in [1.54, 1.807) is 22.5 Å². The summed E-state index contributed by atoms with van der Waals surface area (Å²) in [7, 11) is 0. The minimum Gasteiger partial charge on any atom is -0.290 e. The quantitative estimate of drug-likeness (QED) is 0.790. The zero-order chi connectivity index (χ0) is 14.9. The number of pyridine rings is 1. The lowest BCUT2D eigenvalue weighted by atomic mass is 10.2. The Labute approximate surface area is 132 Å². The molecule has 4 nitrogen and oxygen atoms in total. The van der Waals surface area contributed by atoms with Gasteiger partial charge in [-0.3, -0.25) is 19.7 Å². The molecule has 1 aliphatic heterocycles. The summed E-state index contributed by atoms with van der Waals surface area (Å²) in [6, 6.07) is 13.7. The highest BCUT2D eigenvalue weighted by Gasteiger charge is 2.31. The number of aromatic nitrogens is 2. The van der Waals surface area contributed by atoms with Gasteiger partial charge in [0.25, 0.3) is 0 Å². The van der Waals surface area contributed by atoms with Crippen LogP contribution in [0.3, 0.4) is 0 Å². The van der Waals surface area contributed by atoms with Gasteiger partial charge in [0, 0.05) is 29.7 Å². The first-order valence-corrected chi connectivity index (χ1v) is 8.26. The van der Waals surface area contributed by atoms with Crippen LogP contribution in [0.4, 0.5) is 0 Å². The third-order valence-electron chi connectivity index (χ3n) is 3.90. The summed E-state index contributed by atoms with van der Waals surface area (Å²) in [4.78, 5) is 16.9. The molecule has 4 rings (SSSR count). The molecule has 0 saturated carbocycles. The Morgan fingerprint density at radius 1 is 1.23 bits per heavy atom. The predicted molar refractivity (Wildman–Crippen MR) is 88.9 cm³/mol. The first kappa shape index (κ1) is 13.5. The number of para-hydroxylation sites is 1. The summed E-state index contributed by atoms with van der Waals surface area (Å²) in [6.45, 7) is 0. The number of carbonyl (C=O) groups excluding carboxylic acids is 1. The van der Waals surface area contributed by atoms with E-state index in [-0.39, 0.29) is 17.3 Å². The Morgan fingerprint density at radius 3 is 3.00 bits per heavy atom. The molecule has 1 unspecified atom stereocenters. The Bertz CT molecular complexity index is 815. The fourth-order valence-electron chi connectivity index (χ4n) is 2.78. The van der Waals surface area contributed by atoms with Gasteiger partial charge in [-0.2, -0.15) is 0 Å². The maximum absolute atomic E-state index is 12.8. The maximum Gasteiger partial charge on any atom is 0.249 e. The van der Waals surface area contributed by atoms with E-state index in [2.05, 4.69) is 10.3 Å². The van der Waals surface area contributed by atoms with Gasteiger partial charge in [-0.05, 0) is 23.8 Å². The van der Waals surface area contributed by atoms with Gasteiger partial charge in [-0.1, -0.05) is 24.3 Å². The normalized spacial score (nSPS) is 21.3. The summed E-state index contributed by atoms with van der Waals surface area (Å²) in [5.74, 6) is 0.866. The van der Waals surface area contributed by atoms with E-state index in [0.29, 0.717) is 0 Å². The molecule has 0 radical (unpaired) electrons. The third-order valence-corrected chi connectivity index (χ3v) is 5.17. The SMILES string of the molecule is O=C([C@@H]1CSC(c2cccnc2)N1)n1ccc2ccccc21. The number of thioether (sulfide) groups is 1. The molecule has 1 saturated heterocycles. The molecule has 1 fully saturated rings. The van der Waals surface area contributed by atoms with Crippen LogP contribution >= 0.6 is 11.8 Å². The van der Waals surface area contributed by atoms with Crippen molar-refractivity contribution < 1.29 is 4.79 Å². The molecule has 3 heterocycles. The van der Waals surface area contributed by atoms with E-state index in [1.807, 2.05) is 54.9 Å². The van der Waals surface area contributed by atoms with Crippen molar-refractivity contribution in [3.63, 3.8) is 0 Å². The van der Waals surface area contributed by atoms with Crippen LogP contribution in [0.15, 0.2) is 61.1 Å². The van der Waals surface area contributed by atoms with Crippen molar-refractivity contribution in [1.29, 1.82) is 0 Å². The third kappa shape index (κ3) is 2.32. The maximum atomic E-state index is 12.8. The molecular formula is C17H15N3OS. The zero-order valence-corrected chi connectivity index (χ0v) is 12.7. The van der Waals surface area contributed by atoms with Crippen molar-refractivity contribution >= 4 is 28.6 Å². The van der Waals surface area contributed by atoms with E-state index in [0.717, 1.165) is 22.2 Å². The molecule has 22 heavy (non-hydrogen) atoms. The first-order chi connectivity index (χ1) is 10.8. The largest absolute Gasteiger partial charge is 0.290 e. The molecule has 2 atom stereocenters. The van der Waals surface area contributed by atoms with E-state index >= 15 is 0 Å². The van der Waals surface area contributed by atoms with Crippen molar-refractivity contribution in [1.82, 2.24) is 14.9 Å².